The van der Waals surface area contributed by atoms with Gasteiger partial charge in [0.15, 0.2) is 11.5 Å². The molecule has 4 aromatic rings. The van der Waals surface area contributed by atoms with E-state index < -0.39 is 0 Å². The van der Waals surface area contributed by atoms with Crippen molar-refractivity contribution in [3.8, 4) is 10.6 Å². The van der Waals surface area contributed by atoms with Crippen molar-refractivity contribution in [2.24, 2.45) is 0 Å². The Labute approximate surface area is 181 Å². The lowest BCUT2D eigenvalue weighted by Gasteiger charge is -2.16. The number of pyridine rings is 1. The highest BCUT2D eigenvalue weighted by atomic mass is 35.5. The molecule has 4 rings (SSSR count). The minimum Gasteiger partial charge on any atom is -0.341 e. The van der Waals surface area contributed by atoms with Gasteiger partial charge in [-0.1, -0.05) is 29.8 Å². The zero-order valence-corrected chi connectivity index (χ0v) is 18.0. The van der Waals surface area contributed by atoms with Crippen LogP contribution in [0, 0.1) is 0 Å². The van der Waals surface area contributed by atoms with Crippen molar-refractivity contribution in [3.63, 3.8) is 0 Å². The number of amides is 1. The number of hydrogen-bond donors (Lipinski definition) is 1. The summed E-state index contributed by atoms with van der Waals surface area (Å²) in [6.07, 6.45) is 4.70. The molecule has 148 valence electrons. The van der Waals surface area contributed by atoms with Crippen LogP contribution < -0.4 is 5.32 Å². The van der Waals surface area contributed by atoms with Crippen molar-refractivity contribution < 1.29 is 4.79 Å². The molecule has 0 saturated heterocycles. The van der Waals surface area contributed by atoms with Gasteiger partial charge in [-0.05, 0) is 42.7 Å². The summed E-state index contributed by atoms with van der Waals surface area (Å²) in [6, 6.07) is 12.9. The van der Waals surface area contributed by atoms with Crippen LogP contribution in [0.2, 0.25) is 5.02 Å². The second-order valence-electron chi connectivity index (χ2n) is 6.34. The van der Waals surface area contributed by atoms with E-state index in [-0.39, 0.29) is 11.9 Å². The minimum absolute atomic E-state index is 0.222. The third kappa shape index (κ3) is 4.44. The predicted molar refractivity (Wildman–Crippen MR) is 119 cm³/mol. The molecule has 0 saturated carbocycles. The molecular weight excluding hydrogens is 426 g/mol. The Bertz CT molecular complexity index is 1130. The number of aromatic nitrogens is 4. The molecule has 1 unspecified atom stereocenters. The molecule has 0 aliphatic heterocycles. The van der Waals surface area contributed by atoms with Crippen molar-refractivity contribution in [2.75, 3.05) is 12.0 Å². The van der Waals surface area contributed by atoms with E-state index >= 15 is 0 Å². The molecule has 0 aliphatic carbocycles. The molecule has 0 fully saturated rings. The van der Waals surface area contributed by atoms with Gasteiger partial charge in [0.05, 0.1) is 6.04 Å². The number of nitrogens with zero attached hydrogens (tertiary/aromatic N) is 4. The highest BCUT2D eigenvalue weighted by molar-refractivity contribution is 7.98. The van der Waals surface area contributed by atoms with Crippen LogP contribution in [0.4, 0.5) is 0 Å². The molecular formula is C20H18ClN5OS2. The fourth-order valence-electron chi connectivity index (χ4n) is 2.93. The van der Waals surface area contributed by atoms with Crippen LogP contribution in [0.25, 0.3) is 16.2 Å². The summed E-state index contributed by atoms with van der Waals surface area (Å²) in [5, 5.41) is 14.8. The Morgan fingerprint density at radius 2 is 2.07 bits per heavy atom. The first-order valence-corrected chi connectivity index (χ1v) is 11.6. The highest BCUT2D eigenvalue weighted by Crippen LogP contribution is 2.26. The maximum atomic E-state index is 12.9. The van der Waals surface area contributed by atoms with Crippen LogP contribution in [0.5, 0.6) is 0 Å². The van der Waals surface area contributed by atoms with Crippen LogP contribution in [0.1, 0.15) is 28.8 Å². The number of carbonyl (C=O) groups excluding carboxylic acids is 1. The maximum Gasteiger partial charge on any atom is 0.271 e. The molecule has 0 spiro atoms. The standard InChI is InChI=1S/C20H18ClN5OS2/c1-28-11-9-15(18-25-24-17-4-2-3-10-26(17)18)22-19(27)16-12-29-20(23-16)13-5-7-14(21)8-6-13/h2-8,10,12,15H,9,11H2,1H3,(H,22,27). The Morgan fingerprint density at radius 1 is 1.24 bits per heavy atom. The Morgan fingerprint density at radius 3 is 2.86 bits per heavy atom. The van der Waals surface area contributed by atoms with E-state index in [2.05, 4.69) is 20.5 Å². The molecule has 9 heteroatoms. The largest absolute Gasteiger partial charge is 0.341 e. The van der Waals surface area contributed by atoms with E-state index in [0.717, 1.165) is 34.2 Å². The normalized spacial score (nSPS) is 12.2. The molecule has 6 nitrogen and oxygen atoms in total. The van der Waals surface area contributed by atoms with Gasteiger partial charge >= 0.3 is 0 Å². The van der Waals surface area contributed by atoms with Gasteiger partial charge in [-0.15, -0.1) is 21.5 Å². The van der Waals surface area contributed by atoms with Gasteiger partial charge in [0, 0.05) is 22.2 Å². The summed E-state index contributed by atoms with van der Waals surface area (Å²) >= 11 is 9.10. The summed E-state index contributed by atoms with van der Waals surface area (Å²) in [4.78, 5) is 17.4. The number of carbonyl (C=O) groups is 1. The van der Waals surface area contributed by atoms with Gasteiger partial charge in [-0.25, -0.2) is 4.98 Å². The average Bonchev–Trinajstić information content (AvgIpc) is 3.39. The summed E-state index contributed by atoms with van der Waals surface area (Å²) < 4.78 is 1.91. The summed E-state index contributed by atoms with van der Waals surface area (Å²) in [7, 11) is 0. The number of nitrogens with one attached hydrogen (secondary N) is 1. The number of benzene rings is 1. The Hall–Kier alpha value is -2.42. The third-order valence-corrected chi connectivity index (χ3v) is 6.18. The summed E-state index contributed by atoms with van der Waals surface area (Å²) in [6.45, 7) is 0. The van der Waals surface area contributed by atoms with Gasteiger partial charge in [0.25, 0.3) is 5.91 Å². The fourth-order valence-corrected chi connectivity index (χ4v) is 4.34. The van der Waals surface area contributed by atoms with E-state index in [1.54, 1.807) is 17.1 Å². The van der Waals surface area contributed by atoms with E-state index in [9.17, 15) is 4.79 Å². The third-order valence-electron chi connectivity index (χ3n) is 4.40. The molecule has 1 amide bonds. The molecule has 3 aromatic heterocycles. The van der Waals surface area contributed by atoms with Crippen molar-refractivity contribution in [3.05, 3.63) is 70.6 Å². The zero-order chi connectivity index (χ0) is 20.2. The first-order valence-electron chi connectivity index (χ1n) is 8.96. The number of hydrogen-bond acceptors (Lipinski definition) is 6. The monoisotopic (exact) mass is 443 g/mol. The highest BCUT2D eigenvalue weighted by Gasteiger charge is 2.22. The Kier molecular flexibility index (Phi) is 6.13. The SMILES string of the molecule is CSCCC(NC(=O)c1csc(-c2ccc(Cl)cc2)n1)c1nnc2ccccn12. The van der Waals surface area contributed by atoms with Crippen LogP contribution >= 0.6 is 34.7 Å². The van der Waals surface area contributed by atoms with Crippen molar-refractivity contribution in [1.82, 2.24) is 24.9 Å². The molecule has 0 aliphatic rings. The fraction of sp³-hybridized carbons (Fsp3) is 0.200. The maximum absolute atomic E-state index is 12.9. The van der Waals surface area contributed by atoms with Crippen molar-refractivity contribution in [2.45, 2.75) is 12.5 Å². The number of fused-ring (bicyclic) bond motifs is 1. The van der Waals surface area contributed by atoms with Gasteiger partial charge in [0.2, 0.25) is 0 Å². The quantitative estimate of drug-likeness (QED) is 0.447. The molecule has 29 heavy (non-hydrogen) atoms. The number of thioether (sulfide) groups is 1. The molecule has 1 atom stereocenters. The Balaban J connectivity index is 1.56. The van der Waals surface area contributed by atoms with Gasteiger partial charge in [-0.2, -0.15) is 11.8 Å². The molecule has 1 aromatic carbocycles. The number of thiazole rings is 1. The molecule has 0 bridgehead atoms. The second-order valence-corrected chi connectivity index (χ2v) is 8.62. The molecule has 1 N–H and O–H groups in total. The first kappa shape index (κ1) is 19.9. The summed E-state index contributed by atoms with van der Waals surface area (Å²) in [5.74, 6) is 1.39. The van der Waals surface area contributed by atoms with E-state index in [1.807, 2.05) is 59.3 Å². The van der Waals surface area contributed by atoms with Crippen molar-refractivity contribution in [1.29, 1.82) is 0 Å². The number of halogens is 1. The molecule has 3 heterocycles. The van der Waals surface area contributed by atoms with Gasteiger partial charge in [-0.3, -0.25) is 9.20 Å². The van der Waals surface area contributed by atoms with Crippen LogP contribution in [0.15, 0.2) is 54.0 Å². The minimum atomic E-state index is -0.256. The lowest BCUT2D eigenvalue weighted by molar-refractivity contribution is 0.0929. The van der Waals surface area contributed by atoms with E-state index in [1.165, 1.54) is 11.3 Å². The number of rotatable bonds is 7. The van der Waals surface area contributed by atoms with E-state index in [0.29, 0.717) is 10.7 Å². The first-order chi connectivity index (χ1) is 14.2. The topological polar surface area (TPSA) is 72.2 Å². The van der Waals surface area contributed by atoms with Crippen LogP contribution in [0.3, 0.4) is 0 Å². The average molecular weight is 444 g/mol. The van der Waals surface area contributed by atoms with Crippen LogP contribution in [-0.4, -0.2) is 37.5 Å². The summed E-state index contributed by atoms with van der Waals surface area (Å²) in [5.41, 5.74) is 2.08. The lowest BCUT2D eigenvalue weighted by Crippen LogP contribution is -2.30. The van der Waals surface area contributed by atoms with E-state index in [4.69, 9.17) is 11.6 Å². The zero-order valence-electron chi connectivity index (χ0n) is 15.6. The predicted octanol–water partition coefficient (Wildman–Crippen LogP) is 4.73. The van der Waals surface area contributed by atoms with Crippen LogP contribution in [-0.2, 0) is 0 Å². The van der Waals surface area contributed by atoms with Gasteiger partial charge in [0.1, 0.15) is 10.7 Å². The van der Waals surface area contributed by atoms with Crippen molar-refractivity contribution >= 4 is 46.3 Å². The lowest BCUT2D eigenvalue weighted by atomic mass is 10.2. The molecule has 0 radical (unpaired) electrons. The second kappa shape index (κ2) is 8.94. The smallest absolute Gasteiger partial charge is 0.271 e. The van der Waals surface area contributed by atoms with Gasteiger partial charge < -0.3 is 5.32 Å².